The first-order chi connectivity index (χ1) is 10.6. The largest absolute Gasteiger partial charge is 0.494 e. The van der Waals surface area contributed by atoms with Crippen LogP contribution >= 0.6 is 0 Å². The molecule has 1 N–H and O–H groups in total. The summed E-state index contributed by atoms with van der Waals surface area (Å²) < 4.78 is 5.59. The number of benzene rings is 1. The Balaban J connectivity index is 2.02. The van der Waals surface area contributed by atoms with Crippen molar-refractivity contribution in [1.29, 1.82) is 0 Å². The second kappa shape index (κ2) is 7.45. The van der Waals surface area contributed by atoms with Crippen molar-refractivity contribution >= 4 is 11.7 Å². The summed E-state index contributed by atoms with van der Waals surface area (Å²) in [5, 5.41) is 3.24. The lowest BCUT2D eigenvalue weighted by Gasteiger charge is -2.12. The van der Waals surface area contributed by atoms with Gasteiger partial charge in [-0.1, -0.05) is 18.2 Å². The van der Waals surface area contributed by atoms with Gasteiger partial charge >= 0.3 is 0 Å². The Morgan fingerprint density at radius 3 is 2.64 bits per heavy atom. The van der Waals surface area contributed by atoms with Gasteiger partial charge in [-0.05, 0) is 25.1 Å². The molecule has 0 aliphatic carbocycles. The number of nitrogens with one attached hydrogen (secondary N) is 1. The number of rotatable bonds is 6. The van der Waals surface area contributed by atoms with E-state index in [1.165, 1.54) is 4.90 Å². The molecule has 1 heterocycles. The predicted molar refractivity (Wildman–Crippen MR) is 87.2 cm³/mol. The molecule has 0 fully saturated rings. The van der Waals surface area contributed by atoms with Crippen LogP contribution in [-0.2, 0) is 6.54 Å². The average molecular weight is 299 g/mol. The summed E-state index contributed by atoms with van der Waals surface area (Å²) in [6, 6.07) is 11.5. The van der Waals surface area contributed by atoms with E-state index >= 15 is 0 Å². The highest BCUT2D eigenvalue weighted by atomic mass is 16.5. The third-order valence-electron chi connectivity index (χ3n) is 3.15. The van der Waals surface area contributed by atoms with Crippen LogP contribution in [0.4, 0.5) is 5.82 Å². The monoisotopic (exact) mass is 299 g/mol. The quantitative estimate of drug-likeness (QED) is 0.891. The van der Waals surface area contributed by atoms with Gasteiger partial charge in [-0.25, -0.2) is 4.98 Å². The van der Waals surface area contributed by atoms with Crippen LogP contribution in [0.1, 0.15) is 22.8 Å². The average Bonchev–Trinajstić information content (AvgIpc) is 2.54. The number of ether oxygens (including phenoxy) is 1. The van der Waals surface area contributed by atoms with E-state index < -0.39 is 0 Å². The summed E-state index contributed by atoms with van der Waals surface area (Å²) in [5.74, 6) is 1.54. The number of carbonyl (C=O) groups excluding carboxylic acids is 1. The lowest BCUT2D eigenvalue weighted by Crippen LogP contribution is -2.21. The Kier molecular flexibility index (Phi) is 5.36. The Bertz CT molecular complexity index is 624. The molecule has 1 aromatic heterocycles. The molecule has 1 amide bonds. The minimum Gasteiger partial charge on any atom is -0.494 e. The van der Waals surface area contributed by atoms with E-state index in [0.717, 1.165) is 17.1 Å². The van der Waals surface area contributed by atoms with Crippen molar-refractivity contribution in [2.24, 2.45) is 0 Å². The molecule has 22 heavy (non-hydrogen) atoms. The van der Waals surface area contributed by atoms with Gasteiger partial charge < -0.3 is 15.0 Å². The Labute approximate surface area is 130 Å². The van der Waals surface area contributed by atoms with Crippen LogP contribution in [0.2, 0.25) is 0 Å². The van der Waals surface area contributed by atoms with Crippen LogP contribution in [0, 0.1) is 0 Å². The lowest BCUT2D eigenvalue weighted by molar-refractivity contribution is 0.0827. The van der Waals surface area contributed by atoms with Crippen LogP contribution in [0.3, 0.4) is 0 Å². The smallest absolute Gasteiger partial charge is 0.254 e. The molecule has 0 spiro atoms. The molecule has 0 saturated carbocycles. The van der Waals surface area contributed by atoms with E-state index in [9.17, 15) is 4.79 Å². The van der Waals surface area contributed by atoms with Crippen LogP contribution in [-0.4, -0.2) is 36.5 Å². The zero-order chi connectivity index (χ0) is 15.9. The fraction of sp³-hybridized carbons (Fsp3) is 0.294. The van der Waals surface area contributed by atoms with Crippen molar-refractivity contribution in [2.75, 3.05) is 26.0 Å². The summed E-state index contributed by atoms with van der Waals surface area (Å²) in [5.41, 5.74) is 1.64. The van der Waals surface area contributed by atoms with Crippen LogP contribution < -0.4 is 10.1 Å². The number of anilines is 1. The van der Waals surface area contributed by atoms with Crippen LogP contribution in [0.25, 0.3) is 0 Å². The van der Waals surface area contributed by atoms with E-state index in [1.54, 1.807) is 32.4 Å². The second-order valence-electron chi connectivity index (χ2n) is 5.03. The predicted octanol–water partition coefficient (Wildman–Crippen LogP) is 2.79. The maximum Gasteiger partial charge on any atom is 0.254 e. The summed E-state index contributed by atoms with van der Waals surface area (Å²) in [7, 11) is 3.44. The molecule has 0 radical (unpaired) electrons. The fourth-order valence-corrected chi connectivity index (χ4v) is 2.02. The molecule has 1 aromatic carbocycles. The first-order valence-electron chi connectivity index (χ1n) is 7.24. The van der Waals surface area contributed by atoms with Crippen LogP contribution in [0.15, 0.2) is 42.6 Å². The topological polar surface area (TPSA) is 54.5 Å². The van der Waals surface area contributed by atoms with Crippen molar-refractivity contribution in [2.45, 2.75) is 13.5 Å². The normalized spacial score (nSPS) is 10.1. The molecule has 5 nitrogen and oxygen atoms in total. The van der Waals surface area contributed by atoms with Gasteiger partial charge in [-0.3, -0.25) is 4.79 Å². The van der Waals surface area contributed by atoms with E-state index in [-0.39, 0.29) is 5.91 Å². The fourth-order valence-electron chi connectivity index (χ4n) is 2.02. The van der Waals surface area contributed by atoms with E-state index in [1.807, 2.05) is 31.2 Å². The van der Waals surface area contributed by atoms with Crippen LogP contribution in [0.5, 0.6) is 5.75 Å². The Hall–Kier alpha value is -2.56. The minimum absolute atomic E-state index is 0.0549. The number of hydrogen-bond acceptors (Lipinski definition) is 4. The van der Waals surface area contributed by atoms with Gasteiger partial charge in [0.2, 0.25) is 0 Å². The molecule has 0 bridgehead atoms. The van der Waals surface area contributed by atoms with Gasteiger partial charge in [0, 0.05) is 32.4 Å². The number of aromatic nitrogens is 1. The summed E-state index contributed by atoms with van der Waals surface area (Å²) in [6.45, 7) is 3.22. The third-order valence-corrected chi connectivity index (χ3v) is 3.15. The zero-order valence-electron chi connectivity index (χ0n) is 13.2. The lowest BCUT2D eigenvalue weighted by atomic mass is 10.2. The van der Waals surface area contributed by atoms with E-state index in [2.05, 4.69) is 10.3 Å². The molecule has 0 aliphatic rings. The SMILES string of the molecule is CCOc1ccccc1CNc1ccc(C(=O)N(C)C)cn1. The molecule has 2 aromatic rings. The summed E-state index contributed by atoms with van der Waals surface area (Å²) in [4.78, 5) is 17.6. The molecule has 0 unspecified atom stereocenters. The number of para-hydroxylation sites is 1. The highest BCUT2D eigenvalue weighted by Crippen LogP contribution is 2.19. The van der Waals surface area contributed by atoms with Gasteiger partial charge in [-0.15, -0.1) is 0 Å². The highest BCUT2D eigenvalue weighted by Gasteiger charge is 2.08. The third kappa shape index (κ3) is 3.97. The number of hydrogen-bond donors (Lipinski definition) is 1. The van der Waals surface area contributed by atoms with E-state index in [4.69, 9.17) is 4.74 Å². The van der Waals surface area contributed by atoms with Crippen molar-refractivity contribution in [1.82, 2.24) is 9.88 Å². The van der Waals surface area contributed by atoms with Crippen molar-refractivity contribution in [3.05, 3.63) is 53.7 Å². The minimum atomic E-state index is -0.0549. The molecule has 116 valence electrons. The molecule has 2 rings (SSSR count). The van der Waals surface area contributed by atoms with E-state index in [0.29, 0.717) is 18.7 Å². The molecule has 0 saturated heterocycles. The summed E-state index contributed by atoms with van der Waals surface area (Å²) >= 11 is 0. The maximum atomic E-state index is 11.8. The molecular weight excluding hydrogens is 278 g/mol. The number of pyridine rings is 1. The van der Waals surface area contributed by atoms with Crippen molar-refractivity contribution in [3.8, 4) is 5.75 Å². The highest BCUT2D eigenvalue weighted by molar-refractivity contribution is 5.93. The maximum absolute atomic E-state index is 11.8. The van der Waals surface area contributed by atoms with Gasteiger partial charge in [0.1, 0.15) is 11.6 Å². The molecule has 5 heteroatoms. The molecule has 0 aliphatic heterocycles. The first-order valence-corrected chi connectivity index (χ1v) is 7.24. The molecule has 0 atom stereocenters. The Morgan fingerprint density at radius 2 is 2.00 bits per heavy atom. The second-order valence-corrected chi connectivity index (χ2v) is 5.03. The summed E-state index contributed by atoms with van der Waals surface area (Å²) in [6.07, 6.45) is 1.58. The number of nitrogens with zero attached hydrogens (tertiary/aromatic N) is 2. The van der Waals surface area contributed by atoms with Gasteiger partial charge in [0.05, 0.1) is 12.2 Å². The Morgan fingerprint density at radius 1 is 1.23 bits per heavy atom. The molecular formula is C17H21N3O2. The van der Waals surface area contributed by atoms with Crippen molar-refractivity contribution in [3.63, 3.8) is 0 Å². The standard InChI is InChI=1S/C17H21N3O2/c1-4-22-15-8-6-5-7-13(15)11-18-16-10-9-14(12-19-16)17(21)20(2)3/h5-10,12H,4,11H2,1-3H3,(H,18,19). The van der Waals surface area contributed by atoms with Crippen molar-refractivity contribution < 1.29 is 9.53 Å². The van der Waals surface area contributed by atoms with Gasteiger partial charge in [0.15, 0.2) is 0 Å². The first kappa shape index (κ1) is 15.8. The van der Waals surface area contributed by atoms with Gasteiger partial charge in [-0.2, -0.15) is 0 Å². The zero-order valence-corrected chi connectivity index (χ0v) is 13.2. The number of amides is 1. The number of carbonyl (C=O) groups is 1. The van der Waals surface area contributed by atoms with Gasteiger partial charge in [0.25, 0.3) is 5.91 Å².